The predicted molar refractivity (Wildman–Crippen MR) is 273 cm³/mol. The molecule has 3 aliphatic heterocycles. The molecule has 11 rings (SSSR count). The van der Waals surface area contributed by atoms with Gasteiger partial charge in [-0.15, -0.1) is 5.92 Å². The second-order valence-electron chi connectivity index (χ2n) is 25.9. The first-order chi connectivity index (χ1) is 36.2. The summed E-state index contributed by atoms with van der Waals surface area (Å²) in [6, 6.07) is -0.720. The summed E-state index contributed by atoms with van der Waals surface area (Å²) in [6.07, 6.45) is 2.05. The van der Waals surface area contributed by atoms with Gasteiger partial charge in [-0.3, -0.25) is 9.59 Å². The first-order valence-corrected chi connectivity index (χ1v) is 27.9. The van der Waals surface area contributed by atoms with Gasteiger partial charge in [-0.1, -0.05) is 45.3 Å². The lowest BCUT2D eigenvalue weighted by molar-refractivity contribution is -0.344. The Morgan fingerprint density at radius 1 is 0.974 bits per heavy atom. The van der Waals surface area contributed by atoms with Crippen molar-refractivity contribution in [1.82, 2.24) is 25.3 Å². The lowest BCUT2D eigenvalue weighted by Gasteiger charge is -2.76. The summed E-state index contributed by atoms with van der Waals surface area (Å²) in [4.78, 5) is 44.8. The number of nitrogens with one attached hydrogen (secondary N) is 4. The van der Waals surface area contributed by atoms with E-state index >= 15 is 0 Å². The minimum Gasteiger partial charge on any atom is -0.481 e. The average molecular weight is 1060 g/mol. The number of H-pyrrole nitrogens is 2. The molecule has 15 N–H and O–H groups in total. The average Bonchev–Trinajstić information content (AvgIpc) is 4.25. The monoisotopic (exact) mass is 1060 g/mol. The van der Waals surface area contributed by atoms with Gasteiger partial charge in [0.05, 0.1) is 61.7 Å². The SMILES string of the molecule is CC1(CO)CCC2(C(=O)O)C(C1)C1=CCC3C4(C)C5C(O)C(OC6OCC(O)C(O)C6O)C(C)(CO)C4CCC3(C)C1(CCC#CC5C1C(CO)C(=O)NC1C(CCC(N)O)c1cnc[nH]1)C1Cc3[nH]cnc3NCC12. The molecule has 1 amide bonds. The highest BCUT2D eigenvalue weighted by Crippen LogP contribution is 2.81. The van der Waals surface area contributed by atoms with E-state index in [-0.39, 0.29) is 37.4 Å². The number of ether oxygens (including phenoxy) is 2. The normalized spacial score (nSPS) is 48.1. The van der Waals surface area contributed by atoms with Crippen LogP contribution in [0.25, 0.3) is 0 Å². The fourth-order valence-corrected chi connectivity index (χ4v) is 19.4. The number of aliphatic carboxylic acids is 1. The van der Waals surface area contributed by atoms with E-state index in [9.17, 15) is 55.5 Å². The van der Waals surface area contributed by atoms with Crippen LogP contribution in [0, 0.1) is 97.6 Å². The highest BCUT2D eigenvalue weighted by Gasteiger charge is 2.78. The predicted octanol–water partition coefficient (Wildman–Crippen LogP) is 1.36. The molecule has 418 valence electrons. The van der Waals surface area contributed by atoms with Crippen molar-refractivity contribution in [3.63, 3.8) is 0 Å². The lowest BCUT2D eigenvalue weighted by Crippen LogP contribution is -2.75. The van der Waals surface area contributed by atoms with Crippen LogP contribution >= 0.6 is 0 Å². The fourth-order valence-electron chi connectivity index (χ4n) is 19.4. The van der Waals surface area contributed by atoms with Crippen LogP contribution in [0.4, 0.5) is 5.82 Å². The molecule has 20 nitrogen and oxygen atoms in total. The Bertz CT molecular complexity index is 2610. The van der Waals surface area contributed by atoms with E-state index in [0.29, 0.717) is 82.3 Å². The summed E-state index contributed by atoms with van der Waals surface area (Å²) < 4.78 is 12.7. The van der Waals surface area contributed by atoms with E-state index < -0.39 is 148 Å². The Labute approximate surface area is 443 Å². The summed E-state index contributed by atoms with van der Waals surface area (Å²) in [5.41, 5.74) is 3.46. The second-order valence-corrected chi connectivity index (χ2v) is 25.9. The van der Waals surface area contributed by atoms with Gasteiger partial charge in [0.15, 0.2) is 6.29 Å². The molecule has 2 aromatic rings. The highest BCUT2D eigenvalue weighted by molar-refractivity contribution is 5.82. The van der Waals surface area contributed by atoms with E-state index in [1.54, 1.807) is 18.9 Å². The van der Waals surface area contributed by atoms with Crippen LogP contribution in [0.15, 0.2) is 30.5 Å². The van der Waals surface area contributed by atoms with Gasteiger partial charge in [0.2, 0.25) is 5.91 Å². The number of imidazole rings is 2. The molecule has 20 heteroatoms. The molecule has 5 heterocycles. The maximum Gasteiger partial charge on any atom is 0.310 e. The number of aliphatic hydroxyl groups excluding tert-OH is 8. The van der Waals surface area contributed by atoms with Crippen molar-refractivity contribution >= 4 is 17.7 Å². The van der Waals surface area contributed by atoms with Crippen LogP contribution in [0.3, 0.4) is 0 Å². The van der Waals surface area contributed by atoms with Crippen molar-refractivity contribution in [1.29, 1.82) is 0 Å². The Morgan fingerprint density at radius 2 is 1.76 bits per heavy atom. The van der Waals surface area contributed by atoms with Gasteiger partial charge in [-0.25, -0.2) is 9.97 Å². The van der Waals surface area contributed by atoms with Gasteiger partial charge in [0, 0.05) is 72.0 Å². The largest absolute Gasteiger partial charge is 0.481 e. The van der Waals surface area contributed by atoms with Crippen molar-refractivity contribution in [3.8, 4) is 11.8 Å². The van der Waals surface area contributed by atoms with E-state index in [2.05, 4.69) is 64.3 Å². The van der Waals surface area contributed by atoms with Gasteiger partial charge in [0.1, 0.15) is 30.4 Å². The van der Waals surface area contributed by atoms with Crippen molar-refractivity contribution in [2.45, 2.75) is 153 Å². The minimum absolute atomic E-state index is 0.0831. The molecule has 0 radical (unpaired) electrons. The number of carboxylic acids is 1. The minimum atomic E-state index is -1.72. The van der Waals surface area contributed by atoms with Gasteiger partial charge < -0.3 is 81.8 Å². The Kier molecular flexibility index (Phi) is 13.8. The molecule has 6 fully saturated rings. The molecule has 4 saturated carbocycles. The molecule has 6 aliphatic carbocycles. The third kappa shape index (κ3) is 7.56. The third-order valence-corrected chi connectivity index (χ3v) is 22.8. The van der Waals surface area contributed by atoms with E-state index in [1.165, 1.54) is 0 Å². The maximum absolute atomic E-state index is 14.5. The molecule has 4 bridgehead atoms. The molecule has 2 aromatic heterocycles. The number of carbonyl (C=O) groups is 2. The summed E-state index contributed by atoms with van der Waals surface area (Å²) in [5.74, 6) is 1.14. The number of fused-ring (bicyclic) bond motifs is 5. The number of carboxylic acid groups (broad SMARTS) is 1. The molecule has 24 unspecified atom stereocenters. The number of rotatable bonds is 12. The zero-order valence-corrected chi connectivity index (χ0v) is 44.1. The molecular formula is C56H81N7O13. The molecule has 9 aliphatic rings. The van der Waals surface area contributed by atoms with E-state index in [1.807, 2.05) is 6.92 Å². The quantitative estimate of drug-likeness (QED) is 0.0618. The molecule has 24 atom stereocenters. The smallest absolute Gasteiger partial charge is 0.310 e. The summed E-state index contributed by atoms with van der Waals surface area (Å²) in [5, 5.41) is 111. The van der Waals surface area contributed by atoms with Gasteiger partial charge >= 0.3 is 5.97 Å². The van der Waals surface area contributed by atoms with Crippen molar-refractivity contribution in [2.75, 3.05) is 38.3 Å². The molecule has 0 aromatic carbocycles. The fraction of sp³-hybridized carbons (Fsp3) is 0.786. The number of nitrogens with two attached hydrogens (primary N) is 1. The summed E-state index contributed by atoms with van der Waals surface area (Å²) >= 11 is 0. The van der Waals surface area contributed by atoms with Crippen LogP contribution in [-0.4, -0.2) is 160 Å². The topological polar surface area (TPSA) is 342 Å². The first-order valence-electron chi connectivity index (χ1n) is 27.9. The standard InChI is InChI=1S/C56H81N7O13/c1-51(23-65)15-16-55(50(73)74)32(18-51)30-9-10-38-53(3)14-12-37-52(2,24-66)46(76-49-45(71)43(69)36(67)22-75-49)44(70)41(54(37,38)4)28(7-5-6-13-56(30,53)31-17-34-47(62-26-61-34)59-19-33(31)55)40-29(21-64)48(72)63-42(40)27(8-11-39(57)68)35-20-58-25-60-35/h9,20,25-29,31-33,36-46,49,59,64-71H,6,8,10-19,21-24,57H2,1-4H3,(H,58,60)(H,61,62)(H,63,72)(H,73,74). The summed E-state index contributed by atoms with van der Waals surface area (Å²) in [7, 11) is 0. The molecule has 1 spiro atoms. The number of aliphatic hydroxyl groups is 8. The first kappa shape index (κ1) is 54.0. The zero-order chi connectivity index (χ0) is 54.1. The van der Waals surface area contributed by atoms with Gasteiger partial charge in [0.25, 0.3) is 0 Å². The Balaban J connectivity index is 1.15. The van der Waals surface area contributed by atoms with E-state index in [4.69, 9.17) is 20.2 Å². The number of anilines is 1. The van der Waals surface area contributed by atoms with Crippen molar-refractivity contribution in [3.05, 3.63) is 41.9 Å². The number of aromatic amines is 2. The molecule has 76 heavy (non-hydrogen) atoms. The highest BCUT2D eigenvalue weighted by atomic mass is 16.7. The van der Waals surface area contributed by atoms with Crippen LogP contribution in [0.2, 0.25) is 0 Å². The van der Waals surface area contributed by atoms with Crippen LogP contribution in [0.5, 0.6) is 0 Å². The zero-order valence-electron chi connectivity index (χ0n) is 44.1. The van der Waals surface area contributed by atoms with Crippen LogP contribution in [-0.2, 0) is 25.5 Å². The number of carbonyl (C=O) groups excluding carboxylic acids is 1. The molecular weight excluding hydrogens is 979 g/mol. The Hall–Kier alpha value is -3.98. The number of nitrogens with zero attached hydrogens (tertiary/aromatic N) is 2. The van der Waals surface area contributed by atoms with Crippen molar-refractivity contribution in [2.24, 2.45) is 91.5 Å². The summed E-state index contributed by atoms with van der Waals surface area (Å²) in [6.45, 7) is 7.50. The number of hydrogen-bond donors (Lipinski definition) is 14. The number of amides is 1. The maximum atomic E-state index is 14.5. The molecule has 2 saturated heterocycles. The second kappa shape index (κ2) is 19.4. The van der Waals surface area contributed by atoms with Gasteiger partial charge in [-0.2, -0.15) is 0 Å². The van der Waals surface area contributed by atoms with Gasteiger partial charge in [-0.05, 0) is 110 Å². The van der Waals surface area contributed by atoms with Crippen LogP contribution in [0.1, 0.15) is 109 Å². The van der Waals surface area contributed by atoms with E-state index in [0.717, 1.165) is 11.3 Å². The number of allylic oxidation sites excluding steroid dienone is 2. The third-order valence-electron chi connectivity index (χ3n) is 22.8. The number of aromatic nitrogens is 4. The lowest BCUT2D eigenvalue weighted by atomic mass is 9.28. The van der Waals surface area contributed by atoms with Crippen LogP contribution < -0.4 is 16.4 Å². The Morgan fingerprint density at radius 3 is 2.46 bits per heavy atom. The number of hydrogen-bond acceptors (Lipinski definition) is 16. The van der Waals surface area contributed by atoms with Crippen molar-refractivity contribution < 1.29 is 65.0 Å².